The van der Waals surface area contributed by atoms with E-state index in [2.05, 4.69) is 0 Å². The van der Waals surface area contributed by atoms with Gasteiger partial charge in [0.1, 0.15) is 49.4 Å². The highest BCUT2D eigenvalue weighted by molar-refractivity contribution is 5.77. The second-order valence-corrected chi connectivity index (χ2v) is 11.1. The van der Waals surface area contributed by atoms with Gasteiger partial charge in [-0.1, -0.05) is 108 Å². The van der Waals surface area contributed by atoms with Crippen LogP contribution in [0.15, 0.2) is 103 Å². The predicted octanol–water partition coefficient (Wildman–Crippen LogP) is 5.00. The largest absolute Gasteiger partial charge is 0.387 e. The molecule has 3 N–H and O–H groups in total. The molecule has 4 aromatic rings. The van der Waals surface area contributed by atoms with Gasteiger partial charge in [-0.25, -0.2) is 0 Å². The molecule has 4 aromatic carbocycles. The number of carbonyl (C=O) groups excluding carboxylic acids is 3. The van der Waals surface area contributed by atoms with Gasteiger partial charge in [0.2, 0.25) is 0 Å². The number of carbonyl (C=O) groups is 3. The summed E-state index contributed by atoms with van der Waals surface area (Å²) >= 11 is 0. The van der Waals surface area contributed by atoms with E-state index in [1.807, 2.05) is 118 Å². The molecule has 2 fully saturated rings. The van der Waals surface area contributed by atoms with Gasteiger partial charge in [-0.3, -0.25) is 14.4 Å². The van der Waals surface area contributed by atoms with E-state index in [9.17, 15) is 29.7 Å². The Labute approximate surface area is 275 Å². The monoisotopic (exact) mass is 642 g/mol. The minimum absolute atomic E-state index is 0.203. The number of aryl methyl sites for hydroxylation is 3. The summed E-state index contributed by atoms with van der Waals surface area (Å²) in [6.45, 7) is 6.42. The lowest BCUT2D eigenvalue weighted by atomic mass is 9.99. The highest BCUT2D eigenvalue weighted by Gasteiger charge is 2.46. The van der Waals surface area contributed by atoms with Crippen molar-refractivity contribution in [1.29, 1.82) is 0 Å². The van der Waals surface area contributed by atoms with Crippen LogP contribution in [-0.4, -0.2) is 78.1 Å². The maximum absolute atomic E-state index is 10.2. The molecule has 0 amide bonds. The molecular weight excluding hydrogens is 600 g/mol. The molecule has 248 valence electrons. The molecule has 0 aromatic heterocycles. The summed E-state index contributed by atoms with van der Waals surface area (Å²) in [4.78, 5) is 30.5. The first kappa shape index (κ1) is 37.1. The first-order valence-corrected chi connectivity index (χ1v) is 15.2. The van der Waals surface area contributed by atoms with Crippen LogP contribution in [0.25, 0.3) is 0 Å². The Bertz CT molecular complexity index is 1520. The van der Waals surface area contributed by atoms with E-state index in [1.165, 1.54) is 5.56 Å². The van der Waals surface area contributed by atoms with Gasteiger partial charge in [-0.15, -0.1) is 0 Å². The summed E-state index contributed by atoms with van der Waals surface area (Å²) < 4.78 is 16.6. The van der Waals surface area contributed by atoms with Crippen LogP contribution < -0.4 is 0 Å². The zero-order valence-corrected chi connectivity index (χ0v) is 26.7. The molecule has 0 radical (unpaired) electrons. The molecule has 0 bridgehead atoms. The van der Waals surface area contributed by atoms with E-state index >= 15 is 0 Å². The van der Waals surface area contributed by atoms with Crippen molar-refractivity contribution < 1.29 is 43.9 Å². The molecule has 47 heavy (non-hydrogen) atoms. The Balaban J connectivity index is 0.000000187. The highest BCUT2D eigenvalue weighted by Crippen LogP contribution is 2.31. The first-order valence-electron chi connectivity index (χ1n) is 15.2. The molecule has 9 nitrogen and oxygen atoms in total. The molecular formula is C38H42O9. The Morgan fingerprint density at radius 2 is 1.28 bits per heavy atom. The second kappa shape index (κ2) is 19.3. The van der Waals surface area contributed by atoms with Crippen LogP contribution in [0.1, 0.15) is 59.4 Å². The Hall–Kier alpha value is -4.35. The van der Waals surface area contributed by atoms with Gasteiger partial charge in [0.05, 0.1) is 13.2 Å². The molecule has 9 heteroatoms. The molecule has 2 aliphatic rings. The fraction of sp³-hybridized carbons (Fsp3) is 0.289. The van der Waals surface area contributed by atoms with Crippen molar-refractivity contribution in [2.45, 2.75) is 57.6 Å². The van der Waals surface area contributed by atoms with E-state index in [0.717, 1.165) is 52.2 Å². The van der Waals surface area contributed by atoms with Gasteiger partial charge in [-0.05, 0) is 38.0 Å². The van der Waals surface area contributed by atoms with Gasteiger partial charge >= 0.3 is 0 Å². The van der Waals surface area contributed by atoms with Crippen LogP contribution in [0.5, 0.6) is 0 Å². The van der Waals surface area contributed by atoms with Gasteiger partial charge in [0, 0.05) is 16.7 Å². The summed E-state index contributed by atoms with van der Waals surface area (Å²) in [6.07, 6.45) is -3.12. The molecule has 0 aliphatic carbocycles. The van der Waals surface area contributed by atoms with Gasteiger partial charge in [0.25, 0.3) is 0 Å². The van der Waals surface area contributed by atoms with Crippen LogP contribution in [-0.2, 0) is 14.2 Å². The number of fused-ring (bicyclic) bond motifs is 1. The predicted molar refractivity (Wildman–Crippen MR) is 177 cm³/mol. The van der Waals surface area contributed by atoms with Crippen LogP contribution in [0, 0.1) is 20.8 Å². The van der Waals surface area contributed by atoms with Gasteiger partial charge < -0.3 is 29.5 Å². The summed E-state index contributed by atoms with van der Waals surface area (Å²) in [5, 5.41) is 29.3. The number of aldehydes is 3. The van der Waals surface area contributed by atoms with E-state index < -0.39 is 30.7 Å². The topological polar surface area (TPSA) is 140 Å². The number of hydrogen-bond donors (Lipinski definition) is 3. The van der Waals surface area contributed by atoms with E-state index in [4.69, 9.17) is 14.2 Å². The standard InChI is InChI=1S/C14H18O6.3C8H8O/c15-11-12(16)14(17)20-10-7-18-6-9(19-13(10)11)8-4-2-1-3-5-8;1-7-2-4-8(6-9)5-3-7;1-7-3-2-4-8(5-7)6-9;1-7-4-2-3-5-8(7)6-9/h1-5,9-17H,6-7H2;3*2-6H,1H3. The summed E-state index contributed by atoms with van der Waals surface area (Å²) in [5.74, 6) is 0. The van der Waals surface area contributed by atoms with E-state index in [1.54, 1.807) is 6.07 Å². The van der Waals surface area contributed by atoms with Crippen molar-refractivity contribution in [2.24, 2.45) is 0 Å². The number of ether oxygens (including phenoxy) is 3. The number of rotatable bonds is 4. The lowest BCUT2D eigenvalue weighted by Crippen LogP contribution is -2.59. The molecule has 2 saturated heterocycles. The SMILES string of the molecule is Cc1ccc(C=O)cc1.Cc1cccc(C=O)c1.Cc1ccccc1C=O.OC1OC2COCC(c3ccccc3)OC2C(O)C1O. The molecule has 6 rings (SSSR count). The summed E-state index contributed by atoms with van der Waals surface area (Å²) in [5.41, 5.74) is 6.53. The normalized spacial score (nSPS) is 22.9. The minimum Gasteiger partial charge on any atom is -0.387 e. The molecule has 0 saturated carbocycles. The number of benzene rings is 4. The van der Waals surface area contributed by atoms with Crippen LogP contribution in [0.4, 0.5) is 0 Å². The summed E-state index contributed by atoms with van der Waals surface area (Å²) in [6, 6.07) is 32.0. The first-order chi connectivity index (χ1) is 22.7. The molecule has 6 atom stereocenters. The lowest BCUT2D eigenvalue weighted by molar-refractivity contribution is -0.292. The molecule has 2 aliphatic heterocycles. The molecule has 6 unspecified atom stereocenters. The molecule has 2 heterocycles. The number of aliphatic hydroxyl groups excluding tert-OH is 3. The van der Waals surface area contributed by atoms with E-state index in [-0.39, 0.29) is 12.7 Å². The Morgan fingerprint density at radius 3 is 1.85 bits per heavy atom. The van der Waals surface area contributed by atoms with Crippen LogP contribution in [0.3, 0.4) is 0 Å². The summed E-state index contributed by atoms with van der Waals surface area (Å²) in [7, 11) is 0. The maximum atomic E-state index is 10.2. The quantitative estimate of drug-likeness (QED) is 0.262. The minimum atomic E-state index is -1.42. The Morgan fingerprint density at radius 1 is 0.617 bits per heavy atom. The fourth-order valence-electron chi connectivity index (χ4n) is 4.69. The second-order valence-electron chi connectivity index (χ2n) is 11.1. The zero-order chi connectivity index (χ0) is 34.2. The third-order valence-electron chi connectivity index (χ3n) is 7.41. The van der Waals surface area contributed by atoms with Crippen LogP contribution >= 0.6 is 0 Å². The lowest BCUT2D eigenvalue weighted by Gasteiger charge is -2.40. The third-order valence-corrected chi connectivity index (χ3v) is 7.41. The van der Waals surface area contributed by atoms with Crippen molar-refractivity contribution in [3.05, 3.63) is 142 Å². The van der Waals surface area contributed by atoms with Crippen LogP contribution in [0.2, 0.25) is 0 Å². The highest BCUT2D eigenvalue weighted by atomic mass is 16.7. The smallest absolute Gasteiger partial charge is 0.184 e. The third kappa shape index (κ3) is 11.8. The van der Waals surface area contributed by atoms with Gasteiger partial charge in [0.15, 0.2) is 6.29 Å². The zero-order valence-electron chi connectivity index (χ0n) is 26.7. The number of hydrogen-bond acceptors (Lipinski definition) is 9. The fourth-order valence-corrected chi connectivity index (χ4v) is 4.69. The maximum Gasteiger partial charge on any atom is 0.184 e. The van der Waals surface area contributed by atoms with Crippen molar-refractivity contribution in [3.8, 4) is 0 Å². The number of aliphatic hydroxyl groups is 3. The van der Waals surface area contributed by atoms with Crippen molar-refractivity contribution >= 4 is 18.9 Å². The van der Waals surface area contributed by atoms with Crippen molar-refractivity contribution in [3.63, 3.8) is 0 Å². The van der Waals surface area contributed by atoms with E-state index in [0.29, 0.717) is 6.61 Å². The Kier molecular flexibility index (Phi) is 15.3. The average Bonchev–Trinajstić information content (AvgIpc) is 3.32. The average molecular weight is 643 g/mol. The van der Waals surface area contributed by atoms with Crippen molar-refractivity contribution in [2.75, 3.05) is 13.2 Å². The van der Waals surface area contributed by atoms with Crippen molar-refractivity contribution in [1.82, 2.24) is 0 Å². The van der Waals surface area contributed by atoms with Gasteiger partial charge in [-0.2, -0.15) is 0 Å². The molecule has 0 spiro atoms.